The second-order valence-electron chi connectivity index (χ2n) is 6.38. The number of hydrogen-bond donors (Lipinski definition) is 0. The predicted molar refractivity (Wildman–Crippen MR) is 97.0 cm³/mol. The quantitative estimate of drug-likeness (QED) is 0.671. The molecule has 0 amide bonds. The summed E-state index contributed by atoms with van der Waals surface area (Å²) in [5.74, 6) is 0.494. The first-order chi connectivity index (χ1) is 12.1. The van der Waals surface area contributed by atoms with E-state index in [-0.39, 0.29) is 5.76 Å². The van der Waals surface area contributed by atoms with Crippen molar-refractivity contribution in [1.82, 2.24) is 9.47 Å². The number of fused-ring (bicyclic) bond motifs is 1. The zero-order valence-electron chi connectivity index (χ0n) is 13.9. The molecular weight excluding hydrogens is 340 g/mol. The van der Waals surface area contributed by atoms with Crippen molar-refractivity contribution in [3.05, 3.63) is 63.6 Å². The van der Waals surface area contributed by atoms with E-state index < -0.39 is 0 Å². The number of rotatable bonds is 6. The summed E-state index contributed by atoms with van der Waals surface area (Å²) in [4.78, 5) is 14.6. The Morgan fingerprint density at radius 2 is 2.00 bits per heavy atom. The maximum absolute atomic E-state index is 12.3. The van der Waals surface area contributed by atoms with Crippen molar-refractivity contribution in [3.63, 3.8) is 0 Å². The third-order valence-corrected chi connectivity index (χ3v) is 4.80. The molecule has 5 nitrogen and oxygen atoms in total. The van der Waals surface area contributed by atoms with Crippen LogP contribution in [0.1, 0.15) is 18.4 Å². The molecule has 25 heavy (non-hydrogen) atoms. The summed E-state index contributed by atoms with van der Waals surface area (Å²) in [5.41, 5.74) is 2.49. The van der Waals surface area contributed by atoms with Crippen LogP contribution in [0.2, 0.25) is 5.02 Å². The molecule has 1 heterocycles. The predicted octanol–water partition coefficient (Wildman–Crippen LogP) is 3.88. The van der Waals surface area contributed by atoms with E-state index >= 15 is 0 Å². The molecule has 130 valence electrons. The number of aromatic nitrogens is 1. The molecule has 0 radical (unpaired) electrons. The van der Waals surface area contributed by atoms with Crippen LogP contribution in [0.5, 0.6) is 5.75 Å². The van der Waals surface area contributed by atoms with Crippen LogP contribution in [0.3, 0.4) is 0 Å². The molecule has 0 atom stereocenters. The minimum absolute atomic E-state index is 0.349. The lowest BCUT2D eigenvalue weighted by molar-refractivity contribution is 0.195. The molecule has 4 rings (SSSR count). The molecule has 1 aliphatic carbocycles. The zero-order valence-corrected chi connectivity index (χ0v) is 14.7. The summed E-state index contributed by atoms with van der Waals surface area (Å²) < 4.78 is 12.2. The maximum Gasteiger partial charge on any atom is 0.421 e. The number of benzene rings is 2. The van der Waals surface area contributed by atoms with Gasteiger partial charge in [0.25, 0.3) is 0 Å². The molecule has 0 bridgehead atoms. The Bertz CT molecular complexity index is 941. The van der Waals surface area contributed by atoms with E-state index in [2.05, 4.69) is 17.0 Å². The molecular formula is C19H19ClN2O3. The van der Waals surface area contributed by atoms with E-state index in [1.54, 1.807) is 23.8 Å². The summed E-state index contributed by atoms with van der Waals surface area (Å²) in [6.45, 7) is 1.28. The first-order valence-electron chi connectivity index (χ1n) is 8.30. The highest BCUT2D eigenvalue weighted by Gasteiger charge is 2.30. The van der Waals surface area contributed by atoms with Crippen LogP contribution in [-0.4, -0.2) is 22.6 Å². The van der Waals surface area contributed by atoms with Crippen LogP contribution in [0.15, 0.2) is 51.7 Å². The first kappa shape index (κ1) is 16.2. The van der Waals surface area contributed by atoms with E-state index in [9.17, 15) is 4.79 Å². The van der Waals surface area contributed by atoms with E-state index in [4.69, 9.17) is 20.8 Å². The Hall–Kier alpha value is -2.24. The van der Waals surface area contributed by atoms with E-state index in [1.807, 2.05) is 18.2 Å². The molecule has 1 saturated carbocycles. The molecule has 1 fully saturated rings. The van der Waals surface area contributed by atoms with Crippen LogP contribution in [-0.2, 0) is 13.2 Å². The van der Waals surface area contributed by atoms with Crippen molar-refractivity contribution in [2.75, 3.05) is 7.11 Å². The van der Waals surface area contributed by atoms with Gasteiger partial charge in [-0.1, -0.05) is 23.7 Å². The zero-order chi connectivity index (χ0) is 17.4. The van der Waals surface area contributed by atoms with Gasteiger partial charge in [0.15, 0.2) is 5.58 Å². The molecule has 2 aromatic carbocycles. The van der Waals surface area contributed by atoms with Crippen LogP contribution >= 0.6 is 11.6 Å². The summed E-state index contributed by atoms with van der Waals surface area (Å²) >= 11 is 5.99. The van der Waals surface area contributed by atoms with Gasteiger partial charge in [0.2, 0.25) is 0 Å². The van der Waals surface area contributed by atoms with Crippen LogP contribution in [0.4, 0.5) is 0 Å². The Morgan fingerprint density at radius 1 is 1.24 bits per heavy atom. The average molecular weight is 359 g/mol. The average Bonchev–Trinajstić information content (AvgIpc) is 3.40. The van der Waals surface area contributed by atoms with Gasteiger partial charge < -0.3 is 9.15 Å². The van der Waals surface area contributed by atoms with Crippen molar-refractivity contribution in [2.45, 2.75) is 32.1 Å². The topological polar surface area (TPSA) is 47.6 Å². The fourth-order valence-electron chi connectivity index (χ4n) is 3.06. The molecule has 1 aliphatic rings. The van der Waals surface area contributed by atoms with E-state index in [1.165, 1.54) is 5.56 Å². The third-order valence-electron chi connectivity index (χ3n) is 4.56. The van der Waals surface area contributed by atoms with Gasteiger partial charge in [-0.2, -0.15) is 0 Å². The molecule has 6 heteroatoms. The molecule has 0 N–H and O–H groups in total. The summed E-state index contributed by atoms with van der Waals surface area (Å²) in [7, 11) is 1.66. The Labute approximate surface area is 150 Å². The van der Waals surface area contributed by atoms with Crippen molar-refractivity contribution in [1.29, 1.82) is 0 Å². The molecule has 0 aliphatic heterocycles. The number of methoxy groups -OCH3 is 1. The normalized spacial score (nSPS) is 14.4. The van der Waals surface area contributed by atoms with Gasteiger partial charge in [-0.15, -0.1) is 0 Å². The number of ether oxygens (including phenoxy) is 1. The Kier molecular flexibility index (Phi) is 4.27. The maximum atomic E-state index is 12.3. The molecule has 0 spiro atoms. The van der Waals surface area contributed by atoms with Gasteiger partial charge >= 0.3 is 5.76 Å². The highest BCUT2D eigenvalue weighted by atomic mass is 35.5. The molecule has 0 unspecified atom stereocenters. The van der Waals surface area contributed by atoms with Crippen LogP contribution in [0, 0.1) is 0 Å². The third kappa shape index (κ3) is 3.43. The van der Waals surface area contributed by atoms with Crippen molar-refractivity contribution >= 4 is 22.7 Å². The highest BCUT2D eigenvalue weighted by molar-refractivity contribution is 6.31. The smallest absolute Gasteiger partial charge is 0.421 e. The molecule has 0 saturated heterocycles. The van der Waals surface area contributed by atoms with Crippen LogP contribution < -0.4 is 10.5 Å². The minimum atomic E-state index is -0.349. The lowest BCUT2D eigenvalue weighted by Crippen LogP contribution is -2.31. The summed E-state index contributed by atoms with van der Waals surface area (Å²) in [6, 6.07) is 13.8. The van der Waals surface area contributed by atoms with Crippen molar-refractivity contribution in [3.8, 4) is 5.75 Å². The van der Waals surface area contributed by atoms with E-state index in [0.717, 1.165) is 30.7 Å². The second-order valence-corrected chi connectivity index (χ2v) is 6.81. The van der Waals surface area contributed by atoms with Crippen LogP contribution in [0.25, 0.3) is 11.1 Å². The number of nitrogens with zero attached hydrogens (tertiary/aromatic N) is 2. The molecule has 1 aromatic heterocycles. The Balaban J connectivity index is 1.60. The van der Waals surface area contributed by atoms with Gasteiger partial charge in [0, 0.05) is 23.7 Å². The van der Waals surface area contributed by atoms with E-state index in [0.29, 0.717) is 23.3 Å². The monoisotopic (exact) mass is 358 g/mol. The fourth-order valence-corrected chi connectivity index (χ4v) is 3.22. The first-order valence-corrected chi connectivity index (χ1v) is 8.68. The Morgan fingerprint density at radius 3 is 2.68 bits per heavy atom. The largest absolute Gasteiger partial charge is 0.497 e. The van der Waals surface area contributed by atoms with Gasteiger partial charge in [-0.25, -0.2) is 4.79 Å². The number of hydrogen-bond acceptors (Lipinski definition) is 4. The van der Waals surface area contributed by atoms with Gasteiger partial charge in [0.05, 0.1) is 19.3 Å². The second kappa shape index (κ2) is 6.58. The lowest BCUT2D eigenvalue weighted by atomic mass is 10.2. The van der Waals surface area contributed by atoms with Gasteiger partial charge in [0.1, 0.15) is 5.75 Å². The highest BCUT2D eigenvalue weighted by Crippen LogP contribution is 2.30. The number of halogens is 1. The van der Waals surface area contributed by atoms with Crippen molar-refractivity contribution in [2.24, 2.45) is 0 Å². The number of oxazole rings is 1. The van der Waals surface area contributed by atoms with Gasteiger partial charge in [-0.05, 0) is 42.7 Å². The minimum Gasteiger partial charge on any atom is -0.497 e. The lowest BCUT2D eigenvalue weighted by Gasteiger charge is -2.22. The fraction of sp³-hybridized carbons (Fsp3) is 0.316. The summed E-state index contributed by atoms with van der Waals surface area (Å²) in [5, 5.41) is 0.561. The van der Waals surface area contributed by atoms with Gasteiger partial charge in [-0.3, -0.25) is 9.47 Å². The van der Waals surface area contributed by atoms with Crippen molar-refractivity contribution < 1.29 is 9.15 Å². The summed E-state index contributed by atoms with van der Waals surface area (Å²) in [6.07, 6.45) is 2.32. The SMILES string of the molecule is COc1ccc(CN(Cn2c(=O)oc3cc(Cl)ccc32)C2CC2)cc1. The standard InChI is InChI=1S/C19H19ClN2O3/c1-24-16-7-2-13(3-8-16)11-21(15-5-6-15)12-22-17-9-4-14(20)10-18(17)25-19(22)23/h2-4,7-10,15H,5-6,11-12H2,1H3. The molecule has 3 aromatic rings.